The molecule has 99 heavy (non-hydrogen) atoms. The Morgan fingerprint density at radius 3 is 1.37 bits per heavy atom. The van der Waals surface area contributed by atoms with E-state index in [1.165, 1.54) is 48.7 Å². The van der Waals surface area contributed by atoms with Gasteiger partial charge in [0.2, 0.25) is 0 Å². The number of nitrogens with two attached hydrogens (primary N) is 2. The number of rotatable bonds is 28. The molecule has 39 heteroatoms. The summed E-state index contributed by atoms with van der Waals surface area (Å²) in [7, 11) is -18.8. The lowest BCUT2D eigenvalue weighted by Crippen LogP contribution is -2.32. The minimum Gasteiger partial charge on any atom is -0.507 e. The molecule has 6 aliphatic heterocycles. The highest BCUT2D eigenvalue weighted by atomic mass is 31.3. The molecule has 536 valence electrons. The van der Waals surface area contributed by atoms with Crippen LogP contribution in [0.2, 0.25) is 0 Å². The highest BCUT2D eigenvalue weighted by Crippen LogP contribution is 2.74. The number of methoxy groups -OCH3 is 2. The first-order valence-electron chi connectivity index (χ1n) is 31.2. The Morgan fingerprint density at radius 2 is 0.990 bits per heavy atom. The monoisotopic (exact) mass is 1460 g/mol. The Morgan fingerprint density at radius 1 is 0.606 bits per heavy atom. The van der Waals surface area contributed by atoms with Crippen molar-refractivity contribution in [3.8, 4) is 23.0 Å². The molecule has 8 N–H and O–H groups in total. The van der Waals surface area contributed by atoms with Crippen molar-refractivity contribution in [2.75, 3.05) is 63.9 Å². The first-order chi connectivity index (χ1) is 46.7. The number of allylic oxidation sites excluding steroid dienone is 2. The minimum atomic E-state index is -5.46. The van der Waals surface area contributed by atoms with Crippen LogP contribution in [0.5, 0.6) is 23.0 Å². The predicted octanol–water partition coefficient (Wildman–Crippen LogP) is 7.96. The van der Waals surface area contributed by atoms with Crippen LogP contribution in [-0.4, -0.2) is 172 Å². The average Bonchev–Trinajstić information content (AvgIpc) is 1.63. The topological polar surface area (TPSA) is 461 Å². The summed E-state index contributed by atoms with van der Waals surface area (Å²) in [6, 6.07) is 0. The number of aromatic nitrogens is 8. The zero-order valence-electron chi connectivity index (χ0n) is 55.5. The van der Waals surface area contributed by atoms with Crippen molar-refractivity contribution in [1.29, 1.82) is 0 Å². The van der Waals surface area contributed by atoms with E-state index in [4.69, 9.17) is 81.2 Å². The molecule has 6 aliphatic rings. The van der Waals surface area contributed by atoms with Crippen LogP contribution < -0.4 is 20.9 Å². The zero-order chi connectivity index (χ0) is 71.1. The SMILES string of the molecule is COc1c(C)c2c(c(O)c1C/C=C(\C)CCOP(=O)(CP(=O)(O)OC[C@@H]1O[C@H](n3cnc4c(N)ncnc43)C3OC(C)(C)OC31)OP(=O)(CP(=O)(O)OC[C@H]1O[C@@H](n3cnc4c(N)ncnc43)C3OC(C)(C)OC31)OCC/C(C)=C/Cc1c(O)c3c(c(C)c1OC)COC3=O)C(=O)OC2. The van der Waals surface area contributed by atoms with Crippen LogP contribution in [0.1, 0.15) is 121 Å². The van der Waals surface area contributed by atoms with E-state index in [9.17, 15) is 38.7 Å². The lowest BCUT2D eigenvalue weighted by atomic mass is 9.95. The molecule has 6 aromatic rings. The third-order valence-electron chi connectivity index (χ3n) is 17.6. The lowest BCUT2D eigenvalue weighted by molar-refractivity contribution is -0.199. The number of ether oxygens (including phenoxy) is 10. The second-order valence-corrected chi connectivity index (χ2v) is 34.3. The van der Waals surface area contributed by atoms with E-state index in [2.05, 4.69) is 29.9 Å². The Balaban J connectivity index is 0.829. The number of benzene rings is 2. The van der Waals surface area contributed by atoms with Gasteiger partial charge in [-0.15, -0.1) is 0 Å². The molecule has 12 atom stereocenters. The van der Waals surface area contributed by atoms with Gasteiger partial charge in [0.05, 0.1) is 53.3 Å². The van der Waals surface area contributed by atoms with E-state index in [1.807, 2.05) is 0 Å². The van der Waals surface area contributed by atoms with E-state index in [1.54, 1.807) is 67.5 Å². The number of nitrogens with zero attached hydrogens (tertiary/aromatic N) is 8. The molecule has 35 nitrogen and oxygen atoms in total. The molecule has 0 saturated carbocycles. The summed E-state index contributed by atoms with van der Waals surface area (Å²) in [4.78, 5) is 74.5. The molecule has 8 unspecified atom stereocenters. The minimum absolute atomic E-state index is 0.000565. The highest BCUT2D eigenvalue weighted by Gasteiger charge is 2.59. The Labute approximate surface area is 565 Å². The number of esters is 2. The maximum atomic E-state index is 15.7. The molecule has 12 rings (SSSR count). The lowest BCUT2D eigenvalue weighted by Gasteiger charge is -2.28. The number of imidazole rings is 2. The second kappa shape index (κ2) is 27.5. The molecule has 0 bridgehead atoms. The van der Waals surface area contributed by atoms with Crippen LogP contribution in [0.3, 0.4) is 0 Å². The normalized spacial score (nSPS) is 25.6. The average molecular weight is 1460 g/mol. The highest BCUT2D eigenvalue weighted by molar-refractivity contribution is 7.79. The number of phenols is 2. The van der Waals surface area contributed by atoms with Gasteiger partial charge in [0, 0.05) is 22.3 Å². The van der Waals surface area contributed by atoms with E-state index < -0.39 is 141 Å². The second-order valence-electron chi connectivity index (χ2n) is 25.4. The number of hydrogen-bond donors (Lipinski definition) is 6. The number of nitrogen functional groups attached to an aromatic ring is 2. The van der Waals surface area contributed by atoms with E-state index >= 15 is 9.13 Å². The molecule has 4 fully saturated rings. The number of cyclic esters (lactones) is 2. The van der Waals surface area contributed by atoms with Crippen molar-refractivity contribution in [3.63, 3.8) is 0 Å². The molecule has 10 heterocycles. The Hall–Kier alpha value is -6.84. The first-order valence-corrected chi connectivity index (χ1v) is 38.2. The summed E-state index contributed by atoms with van der Waals surface area (Å²) in [6.07, 6.45) is 0.151. The van der Waals surface area contributed by atoms with Gasteiger partial charge in [-0.2, -0.15) is 0 Å². The van der Waals surface area contributed by atoms with Crippen LogP contribution in [-0.2, 0) is 105 Å². The van der Waals surface area contributed by atoms with E-state index in [0.717, 1.165) is 0 Å². The van der Waals surface area contributed by atoms with Crippen molar-refractivity contribution in [3.05, 3.63) is 93.1 Å². The van der Waals surface area contributed by atoms with Crippen molar-refractivity contribution >= 4 is 76.3 Å². The van der Waals surface area contributed by atoms with Gasteiger partial charge in [-0.3, -0.25) is 27.4 Å². The van der Waals surface area contributed by atoms with Crippen molar-refractivity contribution in [2.24, 2.45) is 0 Å². The summed E-state index contributed by atoms with van der Waals surface area (Å²) >= 11 is 0. The zero-order valence-corrected chi connectivity index (χ0v) is 59.0. The number of fused-ring (bicyclic) bond motifs is 6. The molecule has 0 radical (unpaired) electrons. The van der Waals surface area contributed by atoms with Crippen LogP contribution >= 0.6 is 30.4 Å². The Kier molecular flexibility index (Phi) is 20.0. The number of hydrogen-bond acceptors (Lipinski definition) is 31. The quantitative estimate of drug-likeness (QED) is 0.0154. The number of anilines is 2. The third-order valence-corrected chi connectivity index (χ3v) is 27.5. The van der Waals surface area contributed by atoms with Gasteiger partial charge in [0.15, 0.2) is 58.8 Å². The summed E-state index contributed by atoms with van der Waals surface area (Å²) in [5.74, 6) is -6.88. The smallest absolute Gasteiger partial charge is 0.349 e. The first kappa shape index (κ1) is 72.0. The molecular weight excluding hydrogens is 1380 g/mol. The molecule has 4 saturated heterocycles. The molecule has 0 aliphatic carbocycles. The summed E-state index contributed by atoms with van der Waals surface area (Å²) in [6.45, 7) is 10.5. The summed E-state index contributed by atoms with van der Waals surface area (Å²) < 4.78 is 153. The molecular formula is C60H76N10O25P4. The largest absolute Gasteiger partial charge is 0.507 e. The standard InChI is InChI=1S/C60H76N10O25P4/c1-29(11-13-33-43(71)39-35(19-83-57(39)73)31(3)45(33)81-9)15-17-85-98(79,27-96(75,76)87-21-37-47-49(93-59(5,6)91-47)55(89-37)69-25-67-41-51(61)63-23-65-53(41)69)95-99(80,86-18-16-30(2)12-14-34-44(72)40-36(20-84-58(40)74)32(4)46(34)82-10)28-97(77,78)88-22-38-48-50(94-60(7,8)92-48)56(90-38)70-26-68-42-52(62)64-24-66-54(42)70/h11-12,23-26,37-38,47-50,55-56,71-72H,13-22,27-28H2,1-10H3,(H,75,76)(H,77,78)(H2,61,63,65)(H2,62,64,66)/b29-11+,30-12+/t37-,38+,47?,48?,49?,50?,55-,56+,98?,99?. The molecule has 0 spiro atoms. The van der Waals surface area contributed by atoms with Crippen molar-refractivity contribution < 1.29 is 118 Å². The summed E-state index contributed by atoms with van der Waals surface area (Å²) in [5, 5.41) is 22.7. The number of phenolic OH excluding ortho intramolecular Hbond substituents is 2. The predicted molar refractivity (Wildman–Crippen MR) is 346 cm³/mol. The summed E-state index contributed by atoms with van der Waals surface area (Å²) in [5.41, 5.74) is 16.8. The van der Waals surface area contributed by atoms with Gasteiger partial charge in [-0.1, -0.05) is 23.3 Å². The van der Waals surface area contributed by atoms with Gasteiger partial charge >= 0.3 is 42.3 Å². The van der Waals surface area contributed by atoms with Gasteiger partial charge in [0.1, 0.15) is 108 Å². The third kappa shape index (κ3) is 14.6. The van der Waals surface area contributed by atoms with Crippen LogP contribution in [0.4, 0.5) is 11.6 Å². The molecule has 2 aromatic carbocycles. The fourth-order valence-electron chi connectivity index (χ4n) is 12.9. The molecule has 4 aromatic heterocycles. The van der Waals surface area contributed by atoms with Crippen molar-refractivity contribution in [2.45, 2.75) is 155 Å². The van der Waals surface area contributed by atoms with E-state index in [-0.39, 0.29) is 107 Å². The Bertz CT molecular complexity index is 4190. The van der Waals surface area contributed by atoms with Gasteiger partial charge < -0.3 is 96.9 Å². The van der Waals surface area contributed by atoms with Gasteiger partial charge in [0.25, 0.3) is 0 Å². The van der Waals surface area contributed by atoms with Crippen LogP contribution in [0.25, 0.3) is 22.3 Å². The number of carbonyl (C=O) groups excluding carboxylic acids is 2. The van der Waals surface area contributed by atoms with Crippen molar-refractivity contribution in [1.82, 2.24) is 39.0 Å². The molecule has 0 amide bonds. The van der Waals surface area contributed by atoms with Gasteiger partial charge in [-0.05, 0) is 92.2 Å². The number of carbonyl (C=O) groups is 2. The van der Waals surface area contributed by atoms with Gasteiger partial charge in [-0.25, -0.2) is 43.8 Å². The van der Waals surface area contributed by atoms with Crippen LogP contribution in [0, 0.1) is 13.8 Å². The van der Waals surface area contributed by atoms with Crippen LogP contribution in [0.15, 0.2) is 48.6 Å². The fraction of sp³-hybridized carbons (Fsp3) is 0.533. The maximum Gasteiger partial charge on any atom is 0.349 e. The van der Waals surface area contributed by atoms with E-state index in [0.29, 0.717) is 44.9 Å². The maximum absolute atomic E-state index is 15.7. The fourth-order valence-corrected chi connectivity index (χ4v) is 22.5. The number of aromatic hydroxyl groups is 2.